The van der Waals surface area contributed by atoms with E-state index in [1.165, 1.54) is 4.90 Å². The van der Waals surface area contributed by atoms with Gasteiger partial charge in [-0.1, -0.05) is 12.2 Å². The molecule has 0 spiro atoms. The Bertz CT molecular complexity index is 629. The Hall–Kier alpha value is -1.99. The van der Waals surface area contributed by atoms with Gasteiger partial charge in [-0.15, -0.1) is 0 Å². The molecule has 0 bridgehead atoms. The summed E-state index contributed by atoms with van der Waals surface area (Å²) in [7, 11) is 0. The van der Waals surface area contributed by atoms with E-state index in [4.69, 9.17) is 0 Å². The number of amides is 1. The summed E-state index contributed by atoms with van der Waals surface area (Å²) in [4.78, 5) is 13.6. The molecule has 1 amide bonds. The van der Waals surface area contributed by atoms with Gasteiger partial charge >= 0.3 is 12.4 Å². The molecule has 0 radical (unpaired) electrons. The van der Waals surface area contributed by atoms with Gasteiger partial charge in [0.05, 0.1) is 23.2 Å². The number of carbonyl (C=O) groups is 1. The third kappa shape index (κ3) is 2.94. The van der Waals surface area contributed by atoms with Crippen molar-refractivity contribution < 1.29 is 31.1 Å². The first kappa shape index (κ1) is 15.9. The number of benzene rings is 1. The Morgan fingerprint density at radius 2 is 1.30 bits per heavy atom. The lowest BCUT2D eigenvalue weighted by Crippen LogP contribution is -2.18. The molecule has 2 aliphatic rings. The highest BCUT2D eigenvalue weighted by Gasteiger charge is 2.50. The Morgan fingerprint density at radius 3 is 1.70 bits per heavy atom. The van der Waals surface area contributed by atoms with Crippen LogP contribution in [0.1, 0.15) is 34.3 Å². The van der Waals surface area contributed by atoms with Crippen molar-refractivity contribution in [2.24, 2.45) is 0 Å². The molecule has 1 aromatic carbocycles. The van der Waals surface area contributed by atoms with Crippen LogP contribution >= 0.6 is 0 Å². The molecular formula is C15H11F6NO. The van der Waals surface area contributed by atoms with Crippen molar-refractivity contribution in [3.05, 3.63) is 47.0 Å². The maximum atomic E-state index is 12.8. The number of alkyl halides is 6. The van der Waals surface area contributed by atoms with Crippen LogP contribution < -0.4 is 0 Å². The third-order valence-corrected chi connectivity index (χ3v) is 4.06. The monoisotopic (exact) mass is 335 g/mol. The average Bonchev–Trinajstić information content (AvgIpc) is 3.18. The number of hydrogen-bond acceptors (Lipinski definition) is 1. The first-order valence-corrected chi connectivity index (χ1v) is 6.86. The molecule has 124 valence electrons. The topological polar surface area (TPSA) is 20.1 Å². The Kier molecular flexibility index (Phi) is 3.46. The third-order valence-electron chi connectivity index (χ3n) is 4.06. The molecule has 23 heavy (non-hydrogen) atoms. The SMILES string of the molecule is O=C(c1cc(C(F)(F)F)cc(C(F)(F)F)c1)N1C2CC=CCC21. The number of nitrogens with zero attached hydrogens (tertiary/aromatic N) is 1. The molecule has 1 saturated heterocycles. The summed E-state index contributed by atoms with van der Waals surface area (Å²) in [5.74, 6) is -0.791. The van der Waals surface area contributed by atoms with E-state index in [0.29, 0.717) is 25.0 Å². The summed E-state index contributed by atoms with van der Waals surface area (Å²) in [5.41, 5.74) is -3.53. The van der Waals surface area contributed by atoms with Crippen molar-refractivity contribution in [2.75, 3.05) is 0 Å². The van der Waals surface area contributed by atoms with E-state index >= 15 is 0 Å². The first-order chi connectivity index (χ1) is 10.6. The van der Waals surface area contributed by atoms with Gasteiger partial charge in [0.2, 0.25) is 0 Å². The molecule has 1 aliphatic heterocycles. The highest BCUT2D eigenvalue weighted by molar-refractivity contribution is 5.97. The Morgan fingerprint density at radius 1 is 0.870 bits per heavy atom. The minimum Gasteiger partial charge on any atom is -0.328 e. The number of carbonyl (C=O) groups excluding carboxylic acids is 1. The van der Waals surface area contributed by atoms with Crippen LogP contribution in [0.15, 0.2) is 30.4 Å². The second kappa shape index (κ2) is 5.01. The molecule has 2 unspecified atom stereocenters. The van der Waals surface area contributed by atoms with Crippen LogP contribution in [-0.4, -0.2) is 22.9 Å². The summed E-state index contributed by atoms with van der Waals surface area (Å²) >= 11 is 0. The van der Waals surface area contributed by atoms with Crippen molar-refractivity contribution in [2.45, 2.75) is 37.3 Å². The molecular weight excluding hydrogens is 324 g/mol. The van der Waals surface area contributed by atoms with E-state index in [0.717, 1.165) is 0 Å². The van der Waals surface area contributed by atoms with Gasteiger partial charge in [0.15, 0.2) is 0 Å². The fourth-order valence-electron chi connectivity index (χ4n) is 2.88. The molecule has 0 N–H and O–H groups in total. The molecule has 2 nitrogen and oxygen atoms in total. The lowest BCUT2D eigenvalue weighted by molar-refractivity contribution is -0.143. The van der Waals surface area contributed by atoms with Gasteiger partial charge in [-0.05, 0) is 31.0 Å². The predicted octanol–water partition coefficient (Wildman–Crippen LogP) is 4.27. The lowest BCUT2D eigenvalue weighted by atomic mass is 10.0. The van der Waals surface area contributed by atoms with Gasteiger partial charge in [-0.3, -0.25) is 4.79 Å². The van der Waals surface area contributed by atoms with Crippen LogP contribution in [0, 0.1) is 0 Å². The number of fused-ring (bicyclic) bond motifs is 1. The van der Waals surface area contributed by atoms with Gasteiger partial charge in [0.25, 0.3) is 5.91 Å². The number of rotatable bonds is 1. The van der Waals surface area contributed by atoms with Crippen molar-refractivity contribution >= 4 is 5.91 Å². The smallest absolute Gasteiger partial charge is 0.328 e. The van der Waals surface area contributed by atoms with E-state index in [1.807, 2.05) is 12.2 Å². The zero-order chi connectivity index (χ0) is 17.0. The molecule has 2 atom stereocenters. The summed E-state index contributed by atoms with van der Waals surface area (Å²) in [6.45, 7) is 0. The van der Waals surface area contributed by atoms with E-state index in [9.17, 15) is 31.1 Å². The average molecular weight is 335 g/mol. The highest BCUT2D eigenvalue weighted by Crippen LogP contribution is 2.41. The summed E-state index contributed by atoms with van der Waals surface area (Å²) in [6, 6.07) is 0.728. The Balaban J connectivity index is 1.97. The van der Waals surface area contributed by atoms with Gasteiger partial charge in [0.1, 0.15) is 0 Å². The van der Waals surface area contributed by atoms with Crippen LogP contribution in [0.5, 0.6) is 0 Å². The summed E-state index contributed by atoms with van der Waals surface area (Å²) in [5, 5.41) is 0. The normalized spacial score (nSPS) is 23.7. The number of hydrogen-bond donors (Lipinski definition) is 0. The quantitative estimate of drug-likeness (QED) is 0.426. The molecule has 0 saturated carbocycles. The Labute approximate surface area is 127 Å². The van der Waals surface area contributed by atoms with E-state index < -0.39 is 35.0 Å². The minimum absolute atomic E-state index is 0.0214. The van der Waals surface area contributed by atoms with Gasteiger partial charge in [0, 0.05) is 5.56 Å². The van der Waals surface area contributed by atoms with Crippen LogP contribution in [0.2, 0.25) is 0 Å². The minimum atomic E-state index is -4.95. The molecule has 1 fully saturated rings. The largest absolute Gasteiger partial charge is 0.416 e. The molecule has 1 aliphatic carbocycles. The highest BCUT2D eigenvalue weighted by atomic mass is 19.4. The molecule has 1 aromatic rings. The van der Waals surface area contributed by atoms with Crippen LogP contribution in [0.25, 0.3) is 0 Å². The van der Waals surface area contributed by atoms with E-state index in [-0.39, 0.29) is 18.2 Å². The molecule has 3 rings (SSSR count). The maximum Gasteiger partial charge on any atom is 0.416 e. The van der Waals surface area contributed by atoms with Crippen molar-refractivity contribution in [3.63, 3.8) is 0 Å². The van der Waals surface area contributed by atoms with Crippen molar-refractivity contribution in [3.8, 4) is 0 Å². The predicted molar refractivity (Wildman–Crippen MR) is 68.6 cm³/mol. The fourth-order valence-corrected chi connectivity index (χ4v) is 2.88. The van der Waals surface area contributed by atoms with E-state index in [2.05, 4.69) is 0 Å². The standard InChI is InChI=1S/C15H11F6NO/c16-14(17,18)9-5-8(6-10(7-9)15(19,20)21)13(23)22-11-3-1-2-4-12(11)22/h1-2,5-7,11-12H,3-4H2. The van der Waals surface area contributed by atoms with Crippen LogP contribution in [-0.2, 0) is 12.4 Å². The van der Waals surface area contributed by atoms with Crippen molar-refractivity contribution in [1.29, 1.82) is 0 Å². The lowest BCUT2D eigenvalue weighted by Gasteiger charge is -2.14. The number of halogens is 6. The van der Waals surface area contributed by atoms with Crippen LogP contribution in [0.3, 0.4) is 0 Å². The zero-order valence-electron chi connectivity index (χ0n) is 11.6. The van der Waals surface area contributed by atoms with Gasteiger partial charge in [-0.25, -0.2) is 0 Å². The summed E-state index contributed by atoms with van der Waals surface area (Å²) in [6.07, 6.45) is -5.07. The zero-order valence-corrected chi connectivity index (χ0v) is 11.6. The second-order valence-electron chi connectivity index (χ2n) is 5.58. The molecule has 8 heteroatoms. The van der Waals surface area contributed by atoms with Crippen LogP contribution in [0.4, 0.5) is 26.3 Å². The maximum absolute atomic E-state index is 12.8. The second-order valence-corrected chi connectivity index (χ2v) is 5.58. The molecule has 1 heterocycles. The molecule has 0 aromatic heterocycles. The van der Waals surface area contributed by atoms with Crippen molar-refractivity contribution in [1.82, 2.24) is 4.90 Å². The summed E-state index contributed by atoms with van der Waals surface area (Å²) < 4.78 is 76.9. The first-order valence-electron chi connectivity index (χ1n) is 6.86. The van der Waals surface area contributed by atoms with E-state index in [1.54, 1.807) is 0 Å². The van der Waals surface area contributed by atoms with Gasteiger partial charge in [-0.2, -0.15) is 26.3 Å². The van der Waals surface area contributed by atoms with Gasteiger partial charge < -0.3 is 4.90 Å². The fraction of sp³-hybridized carbons (Fsp3) is 0.400.